The second-order valence-electron chi connectivity index (χ2n) is 14.0. The summed E-state index contributed by atoms with van der Waals surface area (Å²) in [5.74, 6) is -2.22. The molecule has 2 aromatic heterocycles. The normalized spacial score (nSPS) is 11.3. The molecule has 0 spiro atoms. The predicted molar refractivity (Wildman–Crippen MR) is 227 cm³/mol. The van der Waals surface area contributed by atoms with E-state index in [1.807, 2.05) is 30.3 Å². The highest BCUT2D eigenvalue weighted by atomic mass is 19.1. The van der Waals surface area contributed by atoms with Crippen molar-refractivity contribution in [1.82, 2.24) is 40.4 Å². The fraction of sp³-hybridized carbons (Fsp3) is 0.128. The van der Waals surface area contributed by atoms with Crippen LogP contribution in [-0.4, -0.2) is 69.7 Å². The third-order valence-corrected chi connectivity index (χ3v) is 9.43. The van der Waals surface area contributed by atoms with E-state index in [0.29, 0.717) is 45.3 Å². The molecule has 1 atom stereocenters. The van der Waals surface area contributed by atoms with Gasteiger partial charge >= 0.3 is 5.97 Å². The van der Waals surface area contributed by atoms with Crippen molar-refractivity contribution in [1.29, 1.82) is 0 Å². The van der Waals surface area contributed by atoms with Crippen molar-refractivity contribution in [3.63, 3.8) is 0 Å². The van der Waals surface area contributed by atoms with E-state index in [2.05, 4.69) is 31.1 Å². The maximum atomic E-state index is 13.7. The third kappa shape index (κ3) is 12.1. The van der Waals surface area contributed by atoms with Crippen LogP contribution in [0.5, 0.6) is 0 Å². The zero-order valence-electron chi connectivity index (χ0n) is 34.2. The molecule has 0 bridgehead atoms. The van der Waals surface area contributed by atoms with Crippen LogP contribution in [0.2, 0.25) is 0 Å². The van der Waals surface area contributed by atoms with Crippen LogP contribution in [0, 0.1) is 23.3 Å². The Bertz CT molecular complexity index is 2690. The van der Waals surface area contributed by atoms with Crippen molar-refractivity contribution in [3.8, 4) is 0 Å². The van der Waals surface area contributed by atoms with Gasteiger partial charge in [0.05, 0.1) is 18.1 Å². The van der Waals surface area contributed by atoms with Crippen LogP contribution in [-0.2, 0) is 39.8 Å². The van der Waals surface area contributed by atoms with Crippen LogP contribution in [0.4, 0.5) is 17.6 Å². The number of nitrogens with zero attached hydrogens (tertiary/aromatic N) is 8. The second kappa shape index (κ2) is 21.7. The highest BCUT2D eigenvalue weighted by Gasteiger charge is 2.21. The number of carbonyl (C=O) groups excluding carboxylic acids is 3. The Morgan fingerprint density at radius 2 is 1.00 bits per heavy atom. The molecule has 0 saturated carbocycles. The highest BCUT2D eigenvalue weighted by molar-refractivity contribution is 6.19. The van der Waals surface area contributed by atoms with Gasteiger partial charge in [-0.3, -0.25) is 14.4 Å². The summed E-state index contributed by atoms with van der Waals surface area (Å²) >= 11 is 0. The molecule has 13 nitrogen and oxygen atoms in total. The molecule has 64 heavy (non-hydrogen) atoms. The number of ketones is 1. The average Bonchev–Trinajstić information content (AvgIpc) is 3.92. The van der Waals surface area contributed by atoms with Gasteiger partial charge in [0, 0.05) is 31.7 Å². The van der Waals surface area contributed by atoms with Gasteiger partial charge in [0.15, 0.2) is 23.7 Å². The van der Waals surface area contributed by atoms with Crippen molar-refractivity contribution in [2.24, 2.45) is 14.1 Å². The van der Waals surface area contributed by atoms with E-state index in [1.165, 1.54) is 70.0 Å². The zero-order valence-corrected chi connectivity index (χ0v) is 34.2. The fourth-order valence-corrected chi connectivity index (χ4v) is 6.37. The molecule has 2 heterocycles. The summed E-state index contributed by atoms with van der Waals surface area (Å²) in [6, 6.07) is 31.8. The molecule has 0 radical (unpaired) electrons. The average molecular weight is 871 g/mol. The number of esters is 1. The Kier molecular flexibility index (Phi) is 15.4. The Labute approximate surface area is 363 Å². The lowest BCUT2D eigenvalue weighted by Gasteiger charge is -2.14. The van der Waals surface area contributed by atoms with Crippen molar-refractivity contribution < 1.29 is 41.8 Å². The molecule has 7 rings (SSSR count). The Morgan fingerprint density at radius 1 is 0.594 bits per heavy atom. The fourth-order valence-electron chi connectivity index (χ4n) is 6.37. The van der Waals surface area contributed by atoms with Crippen molar-refractivity contribution >= 4 is 40.3 Å². The number of hydrogen-bond acceptors (Lipinski definition) is 11. The molecule has 0 aliphatic rings. The summed E-state index contributed by atoms with van der Waals surface area (Å²) < 4.78 is 61.9. The molecule has 1 unspecified atom stereocenters. The lowest BCUT2D eigenvalue weighted by atomic mass is 9.92. The number of halogens is 4. The van der Waals surface area contributed by atoms with Crippen LogP contribution >= 0.6 is 0 Å². The van der Waals surface area contributed by atoms with E-state index in [4.69, 9.17) is 4.74 Å². The van der Waals surface area contributed by atoms with E-state index < -0.39 is 41.1 Å². The Morgan fingerprint density at radius 3 is 1.39 bits per heavy atom. The minimum Gasteiger partial charge on any atom is -0.461 e. The lowest BCUT2D eigenvalue weighted by molar-refractivity contribution is -0.147. The van der Waals surface area contributed by atoms with E-state index in [-0.39, 0.29) is 36.7 Å². The van der Waals surface area contributed by atoms with E-state index in [0.717, 1.165) is 5.56 Å². The highest BCUT2D eigenvalue weighted by Crippen LogP contribution is 2.33. The molecule has 7 aromatic rings. The SMILES string of the molecule is Cn1nnnc1C(C=CC(=O)CC(O)CC(=O)OCc1ccccc1)=C(c1ccc(F)cc1)c1ccc(F)cc1.Cn1nnnc1C(C=O)=C(c1ccc(F)cc1)c1ccc(F)cc1. The predicted octanol–water partition coefficient (Wildman–Crippen LogP) is 7.10. The molecule has 324 valence electrons. The second-order valence-corrected chi connectivity index (χ2v) is 14.0. The first kappa shape index (κ1) is 45.5. The van der Waals surface area contributed by atoms with Crippen LogP contribution < -0.4 is 0 Å². The lowest BCUT2D eigenvalue weighted by Crippen LogP contribution is -2.18. The summed E-state index contributed by atoms with van der Waals surface area (Å²) in [5.41, 5.74) is 4.77. The Balaban J connectivity index is 0.000000241. The monoisotopic (exact) mass is 870 g/mol. The minimum absolute atomic E-state index is 0.0652. The van der Waals surface area contributed by atoms with Crippen molar-refractivity contribution in [3.05, 3.63) is 202 Å². The largest absolute Gasteiger partial charge is 0.461 e. The number of aldehydes is 1. The van der Waals surface area contributed by atoms with Crippen molar-refractivity contribution in [2.75, 3.05) is 0 Å². The summed E-state index contributed by atoms with van der Waals surface area (Å²) in [5, 5.41) is 33.1. The topological polar surface area (TPSA) is 168 Å². The van der Waals surface area contributed by atoms with Gasteiger partial charge in [0.1, 0.15) is 29.9 Å². The number of hydrogen-bond donors (Lipinski definition) is 1. The van der Waals surface area contributed by atoms with E-state index >= 15 is 0 Å². The molecule has 0 saturated heterocycles. The number of ether oxygens (including phenoxy) is 1. The first-order chi connectivity index (χ1) is 30.9. The van der Waals surface area contributed by atoms with Gasteiger partial charge in [0.2, 0.25) is 0 Å². The molecule has 0 aliphatic carbocycles. The maximum Gasteiger partial charge on any atom is 0.308 e. The summed E-state index contributed by atoms with van der Waals surface area (Å²) in [6.07, 6.45) is 1.43. The molecule has 0 aliphatic heterocycles. The van der Waals surface area contributed by atoms with Gasteiger partial charge in [-0.1, -0.05) is 78.9 Å². The van der Waals surface area contributed by atoms with Crippen LogP contribution in [0.3, 0.4) is 0 Å². The standard InChI is InChI=1S/C30H26F2N4O4.C17H12F2N4O/c1-36-30(33-34-35-36)27(29(21-7-11-23(31)12-8-21)22-9-13-24(32)14-10-22)16-15-25(37)17-26(38)18-28(39)40-19-20-5-3-2-4-6-20;1-23-17(20-21-22-23)15(10-24)16(11-2-6-13(18)7-3-11)12-4-8-14(19)9-5-12/h2-16,26,38H,17-19H2,1H3;2-10H,1H3. The van der Waals surface area contributed by atoms with Crippen LogP contribution in [0.1, 0.15) is 52.3 Å². The number of benzene rings is 5. The van der Waals surface area contributed by atoms with Gasteiger partial charge in [-0.05, 0) is 115 Å². The number of aryl methyl sites for hydroxylation is 2. The number of aliphatic hydroxyl groups is 1. The molecule has 5 aromatic carbocycles. The van der Waals surface area contributed by atoms with Gasteiger partial charge in [-0.2, -0.15) is 0 Å². The van der Waals surface area contributed by atoms with Crippen molar-refractivity contribution in [2.45, 2.75) is 25.6 Å². The molecular formula is C47H38F4N8O5. The molecule has 17 heteroatoms. The van der Waals surface area contributed by atoms with E-state index in [1.54, 1.807) is 62.6 Å². The van der Waals surface area contributed by atoms with Gasteiger partial charge < -0.3 is 9.84 Å². The number of allylic oxidation sites excluding steroid dienone is 4. The maximum absolute atomic E-state index is 13.7. The smallest absolute Gasteiger partial charge is 0.308 e. The molecule has 1 N–H and O–H groups in total. The molecular weight excluding hydrogens is 833 g/mol. The minimum atomic E-state index is -1.25. The number of rotatable bonds is 15. The summed E-state index contributed by atoms with van der Waals surface area (Å²) in [7, 11) is 3.22. The molecule has 0 fully saturated rings. The van der Waals surface area contributed by atoms with Crippen LogP contribution in [0.15, 0.2) is 140 Å². The first-order valence-electron chi connectivity index (χ1n) is 19.4. The number of aromatic nitrogens is 8. The van der Waals surface area contributed by atoms with E-state index in [9.17, 15) is 37.1 Å². The zero-order chi connectivity index (χ0) is 45.6. The van der Waals surface area contributed by atoms with Gasteiger partial charge in [-0.15, -0.1) is 10.2 Å². The van der Waals surface area contributed by atoms with Gasteiger partial charge in [0.25, 0.3) is 0 Å². The number of carbonyl (C=O) groups is 3. The quantitative estimate of drug-likeness (QED) is 0.0367. The van der Waals surface area contributed by atoms with Crippen LogP contribution in [0.25, 0.3) is 22.3 Å². The third-order valence-electron chi connectivity index (χ3n) is 9.43. The number of tetrazole rings is 2. The molecule has 0 amide bonds. The number of aliphatic hydroxyl groups excluding tert-OH is 1. The van der Waals surface area contributed by atoms with Gasteiger partial charge in [-0.25, -0.2) is 26.9 Å². The summed E-state index contributed by atoms with van der Waals surface area (Å²) in [4.78, 5) is 36.7. The first-order valence-corrected chi connectivity index (χ1v) is 19.4. The Hall–Kier alpha value is -8.05. The summed E-state index contributed by atoms with van der Waals surface area (Å²) in [6.45, 7) is 0.0652.